The Morgan fingerprint density at radius 3 is 2.68 bits per heavy atom. The summed E-state index contributed by atoms with van der Waals surface area (Å²) >= 11 is 1.35. The maximum absolute atomic E-state index is 12.7. The number of nitrogens with one attached hydrogen (secondary N) is 2. The Balaban J connectivity index is 1.38. The van der Waals surface area contributed by atoms with Crippen LogP contribution in [0.15, 0.2) is 0 Å². The molecule has 1 saturated heterocycles. The lowest BCUT2D eigenvalue weighted by atomic mass is 9.77. The van der Waals surface area contributed by atoms with Crippen molar-refractivity contribution < 1.29 is 14.4 Å². The molecule has 1 spiro atoms. The summed E-state index contributed by atoms with van der Waals surface area (Å²) in [5.41, 5.74) is -0.814. The quantitative estimate of drug-likeness (QED) is 0.795. The molecule has 2 N–H and O–H groups in total. The Morgan fingerprint density at radius 2 is 2.00 bits per heavy atom. The van der Waals surface area contributed by atoms with E-state index < -0.39 is 17.5 Å². The number of amides is 4. The SMILES string of the molecule is CC1CCC2(CC1)NC(=O)N(CC(=O)Nc1nnc(C3CC3)s1)C2=O. The van der Waals surface area contributed by atoms with E-state index in [-0.39, 0.29) is 12.5 Å². The number of anilines is 1. The van der Waals surface area contributed by atoms with E-state index in [9.17, 15) is 14.4 Å². The number of hydrogen-bond donors (Lipinski definition) is 2. The Kier molecular flexibility index (Phi) is 3.98. The smallest absolute Gasteiger partial charge is 0.323 e. The van der Waals surface area contributed by atoms with Crippen molar-refractivity contribution in [3.63, 3.8) is 0 Å². The third kappa shape index (κ3) is 3.12. The molecule has 0 unspecified atom stereocenters. The third-order valence-corrected chi connectivity index (χ3v) is 6.29. The lowest BCUT2D eigenvalue weighted by molar-refractivity contribution is -0.135. The number of urea groups is 1. The minimum Gasteiger partial charge on any atom is -0.323 e. The van der Waals surface area contributed by atoms with Gasteiger partial charge in [-0.25, -0.2) is 4.79 Å². The Bertz CT molecular complexity index is 721. The maximum atomic E-state index is 12.7. The molecule has 9 heteroatoms. The highest BCUT2D eigenvalue weighted by Gasteiger charge is 2.52. The molecule has 0 bridgehead atoms. The number of hydrogen-bond acceptors (Lipinski definition) is 6. The van der Waals surface area contributed by atoms with Crippen molar-refractivity contribution in [3.05, 3.63) is 5.01 Å². The van der Waals surface area contributed by atoms with E-state index in [1.165, 1.54) is 11.3 Å². The lowest BCUT2D eigenvalue weighted by Crippen LogP contribution is -2.49. The second-order valence-electron chi connectivity index (χ2n) is 7.35. The first kappa shape index (κ1) is 16.4. The van der Waals surface area contributed by atoms with Gasteiger partial charge in [0.15, 0.2) is 0 Å². The van der Waals surface area contributed by atoms with Gasteiger partial charge in [-0.05, 0) is 44.4 Å². The van der Waals surface area contributed by atoms with Gasteiger partial charge in [-0.15, -0.1) is 10.2 Å². The molecule has 3 fully saturated rings. The van der Waals surface area contributed by atoms with Crippen molar-refractivity contribution in [2.24, 2.45) is 5.92 Å². The summed E-state index contributed by atoms with van der Waals surface area (Å²) in [6.07, 6.45) is 5.31. The zero-order valence-corrected chi connectivity index (χ0v) is 14.9. The molecule has 3 aliphatic rings. The number of imide groups is 1. The first-order valence-electron chi connectivity index (χ1n) is 8.74. The van der Waals surface area contributed by atoms with Crippen LogP contribution >= 0.6 is 11.3 Å². The van der Waals surface area contributed by atoms with Crippen LogP contribution in [-0.2, 0) is 9.59 Å². The van der Waals surface area contributed by atoms with Gasteiger partial charge in [0.2, 0.25) is 11.0 Å². The van der Waals surface area contributed by atoms with Crippen molar-refractivity contribution in [2.75, 3.05) is 11.9 Å². The molecule has 134 valence electrons. The van der Waals surface area contributed by atoms with Crippen LogP contribution in [0.2, 0.25) is 0 Å². The fourth-order valence-electron chi connectivity index (χ4n) is 3.50. The van der Waals surface area contributed by atoms with Crippen molar-refractivity contribution in [3.8, 4) is 0 Å². The van der Waals surface area contributed by atoms with Gasteiger partial charge in [0.25, 0.3) is 5.91 Å². The second kappa shape index (κ2) is 6.05. The van der Waals surface area contributed by atoms with Gasteiger partial charge in [-0.3, -0.25) is 19.8 Å². The highest BCUT2D eigenvalue weighted by atomic mass is 32.1. The van der Waals surface area contributed by atoms with E-state index in [0.717, 1.165) is 35.6 Å². The normalized spacial score (nSPS) is 29.2. The number of carbonyl (C=O) groups excluding carboxylic acids is 3. The van der Waals surface area contributed by atoms with Crippen LogP contribution in [0.3, 0.4) is 0 Å². The van der Waals surface area contributed by atoms with Gasteiger partial charge in [0, 0.05) is 5.92 Å². The van der Waals surface area contributed by atoms with E-state index in [1.54, 1.807) is 0 Å². The highest BCUT2D eigenvalue weighted by molar-refractivity contribution is 7.15. The summed E-state index contributed by atoms with van der Waals surface area (Å²) in [4.78, 5) is 38.2. The third-order valence-electron chi connectivity index (χ3n) is 5.29. The Morgan fingerprint density at radius 1 is 1.28 bits per heavy atom. The molecule has 1 aromatic rings. The van der Waals surface area contributed by atoms with E-state index in [4.69, 9.17) is 0 Å². The summed E-state index contributed by atoms with van der Waals surface area (Å²) in [7, 11) is 0. The van der Waals surface area contributed by atoms with Crippen LogP contribution in [0.25, 0.3) is 0 Å². The second-order valence-corrected chi connectivity index (χ2v) is 8.36. The topological polar surface area (TPSA) is 104 Å². The standard InChI is InChI=1S/C16H21N5O3S/c1-9-4-6-16(7-5-9)13(23)21(15(24)18-16)8-11(22)17-14-20-19-12(25-14)10-2-3-10/h9-10H,2-8H2,1H3,(H,18,24)(H,17,20,22). The van der Waals surface area contributed by atoms with Crippen LogP contribution in [0.1, 0.15) is 56.4 Å². The van der Waals surface area contributed by atoms with Crippen LogP contribution in [0.5, 0.6) is 0 Å². The van der Waals surface area contributed by atoms with E-state index >= 15 is 0 Å². The van der Waals surface area contributed by atoms with E-state index in [0.29, 0.717) is 29.8 Å². The minimum absolute atomic E-state index is 0.282. The largest absolute Gasteiger partial charge is 0.325 e. The van der Waals surface area contributed by atoms with Crippen molar-refractivity contribution >= 4 is 34.3 Å². The molecule has 8 nitrogen and oxygen atoms in total. The molecule has 2 heterocycles. The van der Waals surface area contributed by atoms with Crippen LogP contribution in [-0.4, -0.2) is 45.0 Å². The summed E-state index contributed by atoms with van der Waals surface area (Å²) < 4.78 is 0. The number of rotatable bonds is 4. The highest BCUT2D eigenvalue weighted by Crippen LogP contribution is 2.42. The molecule has 0 aromatic carbocycles. The molecule has 1 aliphatic heterocycles. The predicted octanol–water partition coefficient (Wildman–Crippen LogP) is 1.85. The van der Waals surface area contributed by atoms with Crippen molar-refractivity contribution in [1.82, 2.24) is 20.4 Å². The molecular weight excluding hydrogens is 342 g/mol. The predicted molar refractivity (Wildman–Crippen MR) is 91.1 cm³/mol. The fraction of sp³-hybridized carbons (Fsp3) is 0.688. The summed E-state index contributed by atoms with van der Waals surface area (Å²) in [6.45, 7) is 1.86. The molecule has 2 saturated carbocycles. The van der Waals surface area contributed by atoms with Crippen LogP contribution in [0.4, 0.5) is 9.93 Å². The molecule has 4 rings (SSSR count). The summed E-state index contributed by atoms with van der Waals surface area (Å²) in [5, 5.41) is 14.8. The van der Waals surface area contributed by atoms with Crippen molar-refractivity contribution in [2.45, 2.75) is 56.9 Å². The molecule has 25 heavy (non-hydrogen) atoms. The Labute approximate surface area is 149 Å². The molecule has 0 atom stereocenters. The van der Waals surface area contributed by atoms with Gasteiger partial charge < -0.3 is 5.32 Å². The average molecular weight is 363 g/mol. The van der Waals surface area contributed by atoms with E-state index in [1.807, 2.05) is 0 Å². The van der Waals surface area contributed by atoms with Crippen LogP contribution in [0, 0.1) is 5.92 Å². The molecule has 1 aromatic heterocycles. The summed E-state index contributed by atoms with van der Waals surface area (Å²) in [5.74, 6) is 0.326. The van der Waals surface area contributed by atoms with Crippen molar-refractivity contribution in [1.29, 1.82) is 0 Å². The number of nitrogens with zero attached hydrogens (tertiary/aromatic N) is 3. The maximum Gasteiger partial charge on any atom is 0.325 e. The van der Waals surface area contributed by atoms with Crippen LogP contribution < -0.4 is 10.6 Å². The number of aromatic nitrogens is 2. The summed E-state index contributed by atoms with van der Waals surface area (Å²) in [6, 6.07) is -0.481. The van der Waals surface area contributed by atoms with Gasteiger partial charge >= 0.3 is 6.03 Å². The molecule has 4 amide bonds. The van der Waals surface area contributed by atoms with Gasteiger partial charge in [0.1, 0.15) is 17.1 Å². The molecular formula is C16H21N5O3S. The molecule has 0 radical (unpaired) electrons. The van der Waals surface area contributed by atoms with Gasteiger partial charge in [0.05, 0.1) is 0 Å². The number of carbonyl (C=O) groups is 3. The first-order valence-corrected chi connectivity index (χ1v) is 9.56. The fourth-order valence-corrected chi connectivity index (χ4v) is 4.42. The van der Waals surface area contributed by atoms with E-state index in [2.05, 4.69) is 27.8 Å². The van der Waals surface area contributed by atoms with Gasteiger partial charge in [-0.1, -0.05) is 18.3 Å². The zero-order chi connectivity index (χ0) is 17.6. The monoisotopic (exact) mass is 363 g/mol. The first-order chi connectivity index (χ1) is 12.0. The lowest BCUT2D eigenvalue weighted by Gasteiger charge is -2.33. The average Bonchev–Trinajstić information content (AvgIpc) is 3.29. The van der Waals surface area contributed by atoms with Gasteiger partial charge in [-0.2, -0.15) is 0 Å². The Hall–Kier alpha value is -2.03. The zero-order valence-electron chi connectivity index (χ0n) is 14.1. The minimum atomic E-state index is -0.814. The molecule has 2 aliphatic carbocycles.